The largest absolute Gasteiger partial charge is 0.383 e. The highest BCUT2D eigenvalue weighted by Crippen LogP contribution is 2.30. The monoisotopic (exact) mass is 523 g/mol. The number of fused-ring (bicyclic) bond motifs is 1. The van der Waals surface area contributed by atoms with Crippen LogP contribution in [0.3, 0.4) is 0 Å². The summed E-state index contributed by atoms with van der Waals surface area (Å²) in [5, 5.41) is 24.8. The zero-order chi connectivity index (χ0) is 26.7. The number of aromatic nitrogens is 2. The van der Waals surface area contributed by atoms with Crippen molar-refractivity contribution in [2.45, 2.75) is 51.8 Å². The predicted molar refractivity (Wildman–Crippen MR) is 140 cm³/mol. The van der Waals surface area contributed by atoms with Gasteiger partial charge < -0.3 is 15.7 Å². The normalized spacial score (nSPS) is 13.7. The molecule has 1 aliphatic rings. The highest BCUT2D eigenvalue weighted by molar-refractivity contribution is 6.32. The second-order valence-electron chi connectivity index (χ2n) is 9.02. The number of carbonyl (C=O) groups is 2. The van der Waals surface area contributed by atoms with Crippen molar-refractivity contribution in [1.82, 2.24) is 9.13 Å². The van der Waals surface area contributed by atoms with Crippen molar-refractivity contribution < 1.29 is 14.7 Å². The van der Waals surface area contributed by atoms with Crippen molar-refractivity contribution in [2.24, 2.45) is 5.92 Å². The van der Waals surface area contributed by atoms with Crippen LogP contribution in [0.15, 0.2) is 46.0 Å². The van der Waals surface area contributed by atoms with E-state index in [0.29, 0.717) is 41.3 Å². The molecule has 37 heavy (non-hydrogen) atoms. The van der Waals surface area contributed by atoms with Gasteiger partial charge in [-0.05, 0) is 68.5 Å². The van der Waals surface area contributed by atoms with Crippen molar-refractivity contribution in [3.8, 4) is 6.07 Å². The van der Waals surface area contributed by atoms with Gasteiger partial charge in [-0.2, -0.15) is 5.26 Å². The van der Waals surface area contributed by atoms with E-state index in [9.17, 15) is 24.3 Å². The number of halogens is 1. The number of nitrogens with zero attached hydrogens (tertiary/aromatic N) is 3. The molecule has 0 saturated heterocycles. The number of hydrogen-bond acceptors (Lipinski definition) is 6. The van der Waals surface area contributed by atoms with E-state index in [1.165, 1.54) is 22.8 Å². The Labute approximate surface area is 217 Å². The van der Waals surface area contributed by atoms with Gasteiger partial charge in [0.25, 0.3) is 11.5 Å². The molecule has 1 aliphatic carbocycles. The van der Waals surface area contributed by atoms with Crippen LogP contribution < -0.4 is 21.9 Å². The molecular formula is C26H26ClN5O5. The molecule has 192 valence electrons. The van der Waals surface area contributed by atoms with Crippen molar-refractivity contribution >= 4 is 45.7 Å². The Hall–Kier alpha value is -3.94. The van der Waals surface area contributed by atoms with Gasteiger partial charge in [0, 0.05) is 30.9 Å². The summed E-state index contributed by atoms with van der Waals surface area (Å²) in [4.78, 5) is 50.6. The standard InChI is InChI=1S/C26H26ClN5O5/c1-2-31-21-8-7-17(11-19(21)25(36)32(26(31)37)14-15-3-4-15)29-23(34)10-9-22(33)24(35)30-18-6-5-16(13-28)20(27)12-18/h5-8,11-12,15,22,33H,2-4,9-10,14H2,1H3,(H,29,34)(H,30,35)/t22-/m0/s1. The first kappa shape index (κ1) is 26.1. The zero-order valence-corrected chi connectivity index (χ0v) is 20.9. The Kier molecular flexibility index (Phi) is 7.76. The van der Waals surface area contributed by atoms with Gasteiger partial charge >= 0.3 is 5.69 Å². The van der Waals surface area contributed by atoms with Gasteiger partial charge in [-0.1, -0.05) is 11.6 Å². The zero-order valence-electron chi connectivity index (χ0n) is 20.2. The highest BCUT2D eigenvalue weighted by atomic mass is 35.5. The summed E-state index contributed by atoms with van der Waals surface area (Å²) in [5.41, 5.74) is 0.719. The van der Waals surface area contributed by atoms with E-state index in [2.05, 4.69) is 10.6 Å². The number of nitrogens with one attached hydrogen (secondary N) is 2. The molecular weight excluding hydrogens is 498 g/mol. The van der Waals surface area contributed by atoms with Gasteiger partial charge in [-0.15, -0.1) is 0 Å². The van der Waals surface area contributed by atoms with E-state index < -0.39 is 17.9 Å². The minimum atomic E-state index is -1.45. The van der Waals surface area contributed by atoms with E-state index in [4.69, 9.17) is 16.9 Å². The van der Waals surface area contributed by atoms with Crippen LogP contribution in [0.25, 0.3) is 10.9 Å². The number of aliphatic hydroxyl groups is 1. The summed E-state index contributed by atoms with van der Waals surface area (Å²) >= 11 is 5.95. The van der Waals surface area contributed by atoms with Crippen LogP contribution in [-0.4, -0.2) is 32.2 Å². The quantitative estimate of drug-likeness (QED) is 0.393. The first-order valence-corrected chi connectivity index (χ1v) is 12.4. The van der Waals surface area contributed by atoms with Crippen LogP contribution in [0.5, 0.6) is 0 Å². The van der Waals surface area contributed by atoms with E-state index in [1.54, 1.807) is 22.8 Å². The third kappa shape index (κ3) is 5.90. The minimum absolute atomic E-state index is 0.140. The number of hydrogen-bond donors (Lipinski definition) is 3. The molecule has 0 spiro atoms. The summed E-state index contributed by atoms with van der Waals surface area (Å²) in [6.45, 7) is 2.62. The Bertz CT molecular complexity index is 1530. The van der Waals surface area contributed by atoms with Crippen LogP contribution >= 0.6 is 11.6 Å². The maximum atomic E-state index is 13.1. The third-order valence-electron chi connectivity index (χ3n) is 6.27. The van der Waals surface area contributed by atoms with Gasteiger partial charge in [0.2, 0.25) is 5.91 Å². The number of benzene rings is 2. The molecule has 2 amide bonds. The van der Waals surface area contributed by atoms with Crippen molar-refractivity contribution in [3.63, 3.8) is 0 Å². The van der Waals surface area contributed by atoms with Gasteiger partial charge in [-0.3, -0.25) is 23.5 Å². The van der Waals surface area contributed by atoms with Crippen LogP contribution in [0, 0.1) is 17.2 Å². The highest BCUT2D eigenvalue weighted by Gasteiger charge is 2.25. The van der Waals surface area contributed by atoms with Crippen molar-refractivity contribution in [3.05, 3.63) is 67.8 Å². The summed E-state index contributed by atoms with van der Waals surface area (Å²) in [7, 11) is 0. The van der Waals surface area contributed by atoms with E-state index in [1.807, 2.05) is 13.0 Å². The number of rotatable bonds is 9. The Morgan fingerprint density at radius 2 is 1.84 bits per heavy atom. The lowest BCUT2D eigenvalue weighted by atomic mass is 10.1. The molecule has 1 saturated carbocycles. The summed E-state index contributed by atoms with van der Waals surface area (Å²) in [6, 6.07) is 11.0. The fourth-order valence-electron chi connectivity index (χ4n) is 4.06. The molecule has 0 bridgehead atoms. The molecule has 0 unspecified atom stereocenters. The van der Waals surface area contributed by atoms with Gasteiger partial charge in [-0.25, -0.2) is 4.79 Å². The second-order valence-corrected chi connectivity index (χ2v) is 9.42. The Balaban J connectivity index is 1.41. The first-order chi connectivity index (χ1) is 17.7. The summed E-state index contributed by atoms with van der Waals surface area (Å²) in [6.07, 6.45) is 0.249. The number of amides is 2. The minimum Gasteiger partial charge on any atom is -0.383 e. The molecule has 4 rings (SSSR count). The number of nitriles is 1. The van der Waals surface area contributed by atoms with E-state index >= 15 is 0 Å². The smallest absolute Gasteiger partial charge is 0.331 e. The number of carbonyl (C=O) groups excluding carboxylic acids is 2. The Morgan fingerprint density at radius 1 is 1.14 bits per heavy atom. The van der Waals surface area contributed by atoms with Gasteiger partial charge in [0.15, 0.2) is 0 Å². The average molecular weight is 524 g/mol. The predicted octanol–water partition coefficient (Wildman–Crippen LogP) is 2.84. The van der Waals surface area contributed by atoms with Gasteiger partial charge in [0.1, 0.15) is 12.2 Å². The lowest BCUT2D eigenvalue weighted by Crippen LogP contribution is -2.40. The SMILES string of the molecule is CCn1c(=O)n(CC2CC2)c(=O)c2cc(NC(=O)CC[C@H](O)C(=O)Nc3ccc(C#N)c(Cl)c3)ccc21. The average Bonchev–Trinajstić information content (AvgIpc) is 3.70. The fraction of sp³-hybridized carbons (Fsp3) is 0.346. The van der Waals surface area contributed by atoms with Crippen LogP contribution in [0.1, 0.15) is 38.2 Å². The maximum absolute atomic E-state index is 13.1. The topological polar surface area (TPSA) is 146 Å². The van der Waals surface area contributed by atoms with Crippen LogP contribution in [-0.2, 0) is 22.7 Å². The molecule has 3 aromatic rings. The number of aryl methyl sites for hydroxylation is 1. The van der Waals surface area contributed by atoms with Crippen molar-refractivity contribution in [2.75, 3.05) is 10.6 Å². The molecule has 1 atom stereocenters. The molecule has 1 aromatic heterocycles. The fourth-order valence-corrected chi connectivity index (χ4v) is 4.28. The number of anilines is 2. The molecule has 10 nitrogen and oxygen atoms in total. The molecule has 11 heteroatoms. The van der Waals surface area contributed by atoms with E-state index in [-0.39, 0.29) is 34.7 Å². The van der Waals surface area contributed by atoms with E-state index in [0.717, 1.165) is 12.8 Å². The molecule has 3 N–H and O–H groups in total. The lowest BCUT2D eigenvalue weighted by Gasteiger charge is -2.14. The third-order valence-corrected chi connectivity index (χ3v) is 6.58. The summed E-state index contributed by atoms with van der Waals surface area (Å²) < 4.78 is 2.81. The summed E-state index contributed by atoms with van der Waals surface area (Å²) in [5.74, 6) is -0.823. The molecule has 1 fully saturated rings. The Morgan fingerprint density at radius 3 is 2.49 bits per heavy atom. The molecule has 2 aromatic carbocycles. The number of aliphatic hydroxyl groups excluding tert-OH is 1. The van der Waals surface area contributed by atoms with Gasteiger partial charge in [0.05, 0.1) is 21.5 Å². The molecule has 0 aliphatic heterocycles. The first-order valence-electron chi connectivity index (χ1n) is 12.0. The van der Waals surface area contributed by atoms with Crippen LogP contribution in [0.2, 0.25) is 5.02 Å². The lowest BCUT2D eigenvalue weighted by molar-refractivity contribution is -0.125. The van der Waals surface area contributed by atoms with Crippen molar-refractivity contribution in [1.29, 1.82) is 5.26 Å². The second kappa shape index (κ2) is 11.0. The maximum Gasteiger partial charge on any atom is 0.331 e. The van der Waals surface area contributed by atoms with Crippen LogP contribution in [0.4, 0.5) is 11.4 Å². The molecule has 0 radical (unpaired) electrons. The molecule has 1 heterocycles.